The molecule has 0 amide bonds. The van der Waals surface area contributed by atoms with Crippen molar-refractivity contribution in [2.75, 3.05) is 5.06 Å². The van der Waals surface area contributed by atoms with Crippen LogP contribution in [0.1, 0.15) is 6.92 Å². The van der Waals surface area contributed by atoms with E-state index in [-0.39, 0.29) is 6.23 Å². The van der Waals surface area contributed by atoms with E-state index in [1.54, 1.807) is 17.7 Å². The molecule has 3 rings (SSSR count). The molecule has 1 aromatic heterocycles. The summed E-state index contributed by atoms with van der Waals surface area (Å²) in [6, 6.07) is 5.88. The molecular formula is C10H10N4O. The molecule has 15 heavy (non-hydrogen) atoms. The summed E-state index contributed by atoms with van der Waals surface area (Å²) in [6.45, 7) is 1.89. The highest BCUT2D eigenvalue weighted by Crippen LogP contribution is 2.21. The standard InChI is InChI=1S/C10H10N4O/c1-7-13-6-14(15-7)8-2-3-9-10(4-8)12-5-11-9/h2-7H,1H3,(H,11,12). The lowest BCUT2D eigenvalue weighted by molar-refractivity contribution is 0.101. The summed E-state index contributed by atoms with van der Waals surface area (Å²) < 4.78 is 0. The molecule has 5 nitrogen and oxygen atoms in total. The number of nitrogens with one attached hydrogen (secondary N) is 1. The number of anilines is 1. The van der Waals surface area contributed by atoms with Gasteiger partial charge in [0.15, 0.2) is 6.23 Å². The van der Waals surface area contributed by atoms with E-state index in [0.29, 0.717) is 0 Å². The van der Waals surface area contributed by atoms with Gasteiger partial charge in [-0.05, 0) is 25.1 Å². The van der Waals surface area contributed by atoms with Crippen LogP contribution in [0.4, 0.5) is 5.69 Å². The molecule has 0 spiro atoms. The van der Waals surface area contributed by atoms with E-state index >= 15 is 0 Å². The molecule has 0 fully saturated rings. The average molecular weight is 202 g/mol. The van der Waals surface area contributed by atoms with Gasteiger partial charge in [-0.2, -0.15) is 0 Å². The monoisotopic (exact) mass is 202 g/mol. The van der Waals surface area contributed by atoms with Crippen molar-refractivity contribution in [1.29, 1.82) is 0 Å². The lowest BCUT2D eigenvalue weighted by atomic mass is 10.3. The number of fused-ring (bicyclic) bond motifs is 1. The molecule has 1 aliphatic heterocycles. The van der Waals surface area contributed by atoms with Gasteiger partial charge < -0.3 is 4.98 Å². The van der Waals surface area contributed by atoms with Gasteiger partial charge in [-0.25, -0.2) is 19.9 Å². The smallest absolute Gasteiger partial charge is 0.174 e. The van der Waals surface area contributed by atoms with E-state index in [1.807, 2.05) is 25.1 Å². The Morgan fingerprint density at radius 1 is 1.47 bits per heavy atom. The van der Waals surface area contributed by atoms with Crippen LogP contribution in [-0.4, -0.2) is 22.5 Å². The lowest BCUT2D eigenvalue weighted by Gasteiger charge is -2.13. The van der Waals surface area contributed by atoms with Crippen LogP contribution in [0.3, 0.4) is 0 Å². The zero-order valence-electron chi connectivity index (χ0n) is 8.21. The SMILES string of the molecule is CC1N=CN(c2ccc3nc[nH]c3c2)O1. The molecule has 0 radical (unpaired) electrons. The highest BCUT2D eigenvalue weighted by molar-refractivity contribution is 5.84. The molecule has 1 atom stereocenters. The molecule has 0 saturated carbocycles. The Bertz CT molecular complexity index is 519. The highest BCUT2D eigenvalue weighted by atomic mass is 16.7. The fraction of sp³-hybridized carbons (Fsp3) is 0.200. The number of H-pyrrole nitrogens is 1. The minimum atomic E-state index is -0.109. The topological polar surface area (TPSA) is 53.5 Å². The van der Waals surface area contributed by atoms with E-state index in [0.717, 1.165) is 16.7 Å². The summed E-state index contributed by atoms with van der Waals surface area (Å²) in [5.74, 6) is 0. The van der Waals surface area contributed by atoms with Crippen LogP contribution < -0.4 is 5.06 Å². The Balaban J connectivity index is 2.01. The fourth-order valence-corrected chi connectivity index (χ4v) is 1.56. The first kappa shape index (κ1) is 8.43. The molecule has 1 N–H and O–H groups in total. The van der Waals surface area contributed by atoms with Gasteiger partial charge in [0.05, 0.1) is 23.0 Å². The second-order valence-electron chi connectivity index (χ2n) is 3.40. The molecule has 0 aliphatic carbocycles. The summed E-state index contributed by atoms with van der Waals surface area (Å²) in [4.78, 5) is 16.8. The molecular weight excluding hydrogens is 192 g/mol. The van der Waals surface area contributed by atoms with Gasteiger partial charge in [0, 0.05) is 0 Å². The number of aromatic nitrogens is 2. The first-order valence-electron chi connectivity index (χ1n) is 4.75. The number of hydroxylamine groups is 1. The van der Waals surface area contributed by atoms with Gasteiger partial charge in [-0.1, -0.05) is 0 Å². The number of aromatic amines is 1. The van der Waals surface area contributed by atoms with Crippen molar-refractivity contribution in [1.82, 2.24) is 9.97 Å². The van der Waals surface area contributed by atoms with Crippen LogP contribution in [-0.2, 0) is 4.84 Å². The van der Waals surface area contributed by atoms with Gasteiger partial charge in [-0.15, -0.1) is 0 Å². The number of hydrogen-bond acceptors (Lipinski definition) is 4. The molecule has 76 valence electrons. The van der Waals surface area contributed by atoms with Crippen LogP contribution in [0.15, 0.2) is 29.5 Å². The maximum atomic E-state index is 5.45. The van der Waals surface area contributed by atoms with Gasteiger partial charge in [-0.3, -0.25) is 0 Å². The Hall–Kier alpha value is -1.88. The Labute approximate surface area is 86.4 Å². The number of rotatable bonds is 1. The van der Waals surface area contributed by atoms with E-state index in [1.165, 1.54) is 0 Å². The summed E-state index contributed by atoms with van der Waals surface area (Å²) in [6.07, 6.45) is 3.25. The molecule has 1 aliphatic rings. The number of hydrogen-bond donors (Lipinski definition) is 1. The van der Waals surface area contributed by atoms with E-state index in [2.05, 4.69) is 15.0 Å². The lowest BCUT2D eigenvalue weighted by Crippen LogP contribution is -2.18. The number of nitrogens with zero attached hydrogens (tertiary/aromatic N) is 3. The Morgan fingerprint density at radius 3 is 3.20 bits per heavy atom. The summed E-state index contributed by atoms with van der Waals surface area (Å²) in [7, 11) is 0. The van der Waals surface area contributed by atoms with Crippen molar-refractivity contribution in [2.24, 2.45) is 4.99 Å². The van der Waals surface area contributed by atoms with Crippen molar-refractivity contribution in [3.05, 3.63) is 24.5 Å². The zero-order chi connectivity index (χ0) is 10.3. The third-order valence-electron chi connectivity index (χ3n) is 2.31. The van der Waals surface area contributed by atoms with Gasteiger partial charge >= 0.3 is 0 Å². The maximum Gasteiger partial charge on any atom is 0.174 e. The fourth-order valence-electron chi connectivity index (χ4n) is 1.56. The molecule has 1 aromatic carbocycles. The average Bonchev–Trinajstić information content (AvgIpc) is 2.84. The van der Waals surface area contributed by atoms with Crippen molar-refractivity contribution < 1.29 is 4.84 Å². The van der Waals surface area contributed by atoms with E-state index in [4.69, 9.17) is 4.84 Å². The minimum Gasteiger partial charge on any atom is -0.345 e. The van der Waals surface area contributed by atoms with Crippen LogP contribution in [0.5, 0.6) is 0 Å². The predicted octanol–water partition coefficient (Wildman–Crippen LogP) is 1.69. The first-order valence-corrected chi connectivity index (χ1v) is 4.75. The number of benzene rings is 1. The Kier molecular flexibility index (Phi) is 1.72. The third kappa shape index (κ3) is 1.37. The molecule has 2 aromatic rings. The molecule has 0 bridgehead atoms. The van der Waals surface area contributed by atoms with Gasteiger partial charge in [0.1, 0.15) is 6.34 Å². The third-order valence-corrected chi connectivity index (χ3v) is 2.31. The van der Waals surface area contributed by atoms with Crippen molar-refractivity contribution >= 4 is 23.1 Å². The molecule has 1 unspecified atom stereocenters. The Morgan fingerprint density at radius 2 is 2.40 bits per heavy atom. The second-order valence-corrected chi connectivity index (χ2v) is 3.40. The second kappa shape index (κ2) is 3.06. The largest absolute Gasteiger partial charge is 0.345 e. The van der Waals surface area contributed by atoms with Crippen molar-refractivity contribution in [3.63, 3.8) is 0 Å². The quantitative estimate of drug-likeness (QED) is 0.765. The van der Waals surface area contributed by atoms with E-state index in [9.17, 15) is 0 Å². The van der Waals surface area contributed by atoms with E-state index < -0.39 is 0 Å². The van der Waals surface area contributed by atoms with Crippen LogP contribution in [0.2, 0.25) is 0 Å². The minimum absolute atomic E-state index is 0.109. The van der Waals surface area contributed by atoms with Crippen LogP contribution in [0, 0.1) is 0 Å². The first-order chi connectivity index (χ1) is 7.33. The normalized spacial score (nSPS) is 20.3. The summed E-state index contributed by atoms with van der Waals surface area (Å²) >= 11 is 0. The maximum absolute atomic E-state index is 5.45. The van der Waals surface area contributed by atoms with Crippen molar-refractivity contribution in [2.45, 2.75) is 13.2 Å². The molecule has 2 heterocycles. The summed E-state index contributed by atoms with van der Waals surface area (Å²) in [5, 5.41) is 1.66. The van der Waals surface area contributed by atoms with Crippen molar-refractivity contribution in [3.8, 4) is 0 Å². The number of imidazole rings is 1. The summed E-state index contributed by atoms with van der Waals surface area (Å²) in [5.41, 5.74) is 2.88. The zero-order valence-corrected chi connectivity index (χ0v) is 8.21. The van der Waals surface area contributed by atoms with Crippen LogP contribution in [0.25, 0.3) is 11.0 Å². The molecule has 0 saturated heterocycles. The van der Waals surface area contributed by atoms with Gasteiger partial charge in [0.25, 0.3) is 0 Å². The van der Waals surface area contributed by atoms with Gasteiger partial charge in [0.2, 0.25) is 0 Å². The van der Waals surface area contributed by atoms with Crippen LogP contribution >= 0.6 is 0 Å². The molecule has 5 heteroatoms. The predicted molar refractivity (Wildman–Crippen MR) is 57.6 cm³/mol. The highest BCUT2D eigenvalue weighted by Gasteiger charge is 2.15. The number of aliphatic imine (C=N–C) groups is 1.